The van der Waals surface area contributed by atoms with E-state index in [1.165, 1.54) is 18.2 Å². The molecule has 138 valence electrons. The molecule has 3 rings (SSSR count). The maximum Gasteiger partial charge on any atom is 0.182 e. The molecule has 0 aliphatic rings. The largest absolute Gasteiger partial charge is 0.290 e. The highest BCUT2D eigenvalue weighted by Crippen LogP contribution is 2.23. The zero-order chi connectivity index (χ0) is 19.2. The van der Waals surface area contributed by atoms with Crippen LogP contribution in [0.3, 0.4) is 0 Å². The lowest BCUT2D eigenvalue weighted by atomic mass is 10.1. The molecule has 9 heteroatoms. The van der Waals surface area contributed by atoms with Crippen molar-refractivity contribution in [3.8, 4) is 0 Å². The van der Waals surface area contributed by atoms with Crippen molar-refractivity contribution in [3.05, 3.63) is 75.8 Å². The zero-order valence-corrected chi connectivity index (χ0v) is 16.3. The van der Waals surface area contributed by atoms with Crippen molar-refractivity contribution in [3.63, 3.8) is 0 Å². The number of benzene rings is 2. The van der Waals surface area contributed by atoms with Gasteiger partial charge in [-0.3, -0.25) is 10.7 Å². The molecule has 0 aliphatic heterocycles. The maximum atomic E-state index is 13.4. The fourth-order valence-corrected chi connectivity index (χ4v) is 3.06. The van der Waals surface area contributed by atoms with Gasteiger partial charge in [-0.1, -0.05) is 47.7 Å². The lowest BCUT2D eigenvalue weighted by molar-refractivity contribution is 0.234. The predicted molar refractivity (Wildman–Crippen MR) is 106 cm³/mol. The first kappa shape index (κ1) is 19.3. The van der Waals surface area contributed by atoms with E-state index in [0.717, 1.165) is 10.4 Å². The summed E-state index contributed by atoms with van der Waals surface area (Å²) in [5.41, 5.74) is 4.15. The van der Waals surface area contributed by atoms with E-state index < -0.39 is 5.82 Å². The number of halogens is 2. The molecule has 0 spiro atoms. The topological polar surface area (TPSA) is 83.5 Å². The number of nitrogens with zero attached hydrogens (tertiary/aromatic N) is 3. The number of aromatic nitrogens is 2. The third kappa shape index (κ3) is 5.03. The summed E-state index contributed by atoms with van der Waals surface area (Å²) >= 11 is 8.54. The SMILES string of the molecule is ONC(=Nc1ccc(F)c(Br)c1)c1nonc1CC(=S)Cc1ccccc1. The molecular formula is C18H14BrFN4O2S. The maximum absolute atomic E-state index is 13.4. The summed E-state index contributed by atoms with van der Waals surface area (Å²) < 4.78 is 18.4. The molecule has 3 aromatic rings. The van der Waals surface area contributed by atoms with Crippen molar-refractivity contribution in [2.75, 3.05) is 0 Å². The molecule has 2 aromatic carbocycles. The summed E-state index contributed by atoms with van der Waals surface area (Å²) in [4.78, 5) is 4.96. The molecule has 1 heterocycles. The second-order valence-corrected chi connectivity index (χ2v) is 7.04. The Morgan fingerprint density at radius 1 is 1.19 bits per heavy atom. The summed E-state index contributed by atoms with van der Waals surface area (Å²) in [6.07, 6.45) is 0.934. The van der Waals surface area contributed by atoms with Gasteiger partial charge in [-0.15, -0.1) is 0 Å². The van der Waals surface area contributed by atoms with Crippen LogP contribution in [-0.2, 0) is 12.8 Å². The van der Waals surface area contributed by atoms with Gasteiger partial charge in [0, 0.05) is 17.7 Å². The predicted octanol–water partition coefficient (Wildman–Crippen LogP) is 4.18. The Morgan fingerprint density at radius 3 is 2.67 bits per heavy atom. The van der Waals surface area contributed by atoms with E-state index in [1.807, 2.05) is 35.8 Å². The minimum Gasteiger partial charge on any atom is -0.290 e. The van der Waals surface area contributed by atoms with Gasteiger partial charge in [0.1, 0.15) is 11.5 Å². The molecule has 0 saturated heterocycles. The van der Waals surface area contributed by atoms with Gasteiger partial charge in [-0.05, 0) is 44.8 Å². The first-order valence-electron chi connectivity index (χ1n) is 7.88. The van der Waals surface area contributed by atoms with Crippen LogP contribution in [0.15, 0.2) is 62.6 Å². The third-order valence-corrected chi connectivity index (χ3v) is 4.54. The number of aliphatic imine (C=N–C) groups is 1. The molecule has 27 heavy (non-hydrogen) atoms. The van der Waals surface area contributed by atoms with Crippen LogP contribution in [0.1, 0.15) is 17.0 Å². The van der Waals surface area contributed by atoms with Crippen molar-refractivity contribution < 1.29 is 14.2 Å². The van der Waals surface area contributed by atoms with Gasteiger partial charge >= 0.3 is 0 Å². The molecule has 2 N–H and O–H groups in total. The number of rotatable bonds is 6. The van der Waals surface area contributed by atoms with Crippen LogP contribution in [0.4, 0.5) is 10.1 Å². The second-order valence-electron chi connectivity index (χ2n) is 5.61. The number of hydrogen-bond acceptors (Lipinski definition) is 6. The number of amidine groups is 1. The summed E-state index contributed by atoms with van der Waals surface area (Å²) in [6, 6.07) is 14.0. The zero-order valence-electron chi connectivity index (χ0n) is 13.9. The first-order chi connectivity index (χ1) is 13.1. The van der Waals surface area contributed by atoms with Gasteiger partial charge in [0.25, 0.3) is 0 Å². The minimum absolute atomic E-state index is 0.0206. The second kappa shape index (κ2) is 8.94. The lowest BCUT2D eigenvalue weighted by Crippen LogP contribution is -2.22. The molecule has 6 nitrogen and oxygen atoms in total. The smallest absolute Gasteiger partial charge is 0.182 e. The summed E-state index contributed by atoms with van der Waals surface area (Å²) in [5, 5.41) is 17.1. The van der Waals surface area contributed by atoms with Crippen LogP contribution in [0, 0.1) is 5.82 Å². The monoisotopic (exact) mass is 448 g/mol. The molecule has 0 unspecified atom stereocenters. The van der Waals surface area contributed by atoms with Crippen LogP contribution < -0.4 is 5.48 Å². The summed E-state index contributed by atoms with van der Waals surface area (Å²) in [7, 11) is 0. The molecule has 1 aromatic heterocycles. The van der Waals surface area contributed by atoms with E-state index in [-0.39, 0.29) is 16.0 Å². The Balaban J connectivity index is 1.80. The Hall–Kier alpha value is -2.49. The van der Waals surface area contributed by atoms with Crippen molar-refractivity contribution in [2.24, 2.45) is 4.99 Å². The third-order valence-electron chi connectivity index (χ3n) is 3.64. The van der Waals surface area contributed by atoms with Crippen molar-refractivity contribution in [2.45, 2.75) is 12.8 Å². The number of hydroxylamine groups is 1. The van der Waals surface area contributed by atoms with Crippen LogP contribution in [-0.4, -0.2) is 26.2 Å². The van der Waals surface area contributed by atoms with Gasteiger partial charge < -0.3 is 0 Å². The van der Waals surface area contributed by atoms with E-state index in [4.69, 9.17) is 16.8 Å². The standard InChI is InChI=1S/C18H14BrFN4O2S/c19-14-9-12(6-7-15(14)20)21-18(22-25)17-16(23-26-24-17)10-13(27)8-11-4-2-1-3-5-11/h1-7,9,25H,8,10H2,(H,21,22). The quantitative estimate of drug-likeness (QED) is 0.254. The lowest BCUT2D eigenvalue weighted by Gasteiger charge is -2.05. The van der Waals surface area contributed by atoms with E-state index in [1.54, 1.807) is 0 Å². The highest BCUT2D eigenvalue weighted by Gasteiger charge is 2.18. The molecule has 0 saturated carbocycles. The summed E-state index contributed by atoms with van der Waals surface area (Å²) in [5.74, 6) is -0.394. The van der Waals surface area contributed by atoms with Crippen LogP contribution in [0.2, 0.25) is 0 Å². The molecular weight excluding hydrogens is 435 g/mol. The number of thiocarbonyl (C=S) groups is 1. The highest BCUT2D eigenvalue weighted by molar-refractivity contribution is 9.10. The Labute approximate surface area is 168 Å². The number of hydrogen-bond donors (Lipinski definition) is 2. The van der Waals surface area contributed by atoms with Gasteiger partial charge in [0.15, 0.2) is 11.5 Å². The van der Waals surface area contributed by atoms with Crippen LogP contribution in [0.5, 0.6) is 0 Å². The Morgan fingerprint density at radius 2 is 1.96 bits per heavy atom. The fraction of sp³-hybridized carbons (Fsp3) is 0.111. The number of nitrogens with one attached hydrogen (secondary N) is 1. The van der Waals surface area contributed by atoms with Gasteiger partial charge in [-0.25, -0.2) is 14.0 Å². The molecule has 0 aliphatic carbocycles. The normalized spacial score (nSPS) is 11.4. The Bertz CT molecular complexity index is 979. The van der Waals surface area contributed by atoms with Crippen molar-refractivity contribution in [1.82, 2.24) is 15.8 Å². The Kier molecular flexibility index (Phi) is 6.38. The molecule has 0 bridgehead atoms. The average molecular weight is 449 g/mol. The average Bonchev–Trinajstić information content (AvgIpc) is 3.11. The van der Waals surface area contributed by atoms with Crippen LogP contribution >= 0.6 is 28.1 Å². The molecule has 0 fully saturated rings. The van der Waals surface area contributed by atoms with Gasteiger partial charge in [0.05, 0.1) is 10.2 Å². The minimum atomic E-state index is -0.414. The van der Waals surface area contributed by atoms with E-state index in [9.17, 15) is 9.60 Å². The van der Waals surface area contributed by atoms with E-state index >= 15 is 0 Å². The molecule has 0 radical (unpaired) electrons. The van der Waals surface area contributed by atoms with Crippen LogP contribution in [0.25, 0.3) is 0 Å². The van der Waals surface area contributed by atoms with Gasteiger partial charge in [-0.2, -0.15) is 0 Å². The molecule has 0 atom stereocenters. The van der Waals surface area contributed by atoms with E-state index in [0.29, 0.717) is 24.2 Å². The van der Waals surface area contributed by atoms with E-state index in [2.05, 4.69) is 31.2 Å². The molecule has 0 amide bonds. The summed E-state index contributed by atoms with van der Waals surface area (Å²) in [6.45, 7) is 0. The fourth-order valence-electron chi connectivity index (χ4n) is 2.39. The van der Waals surface area contributed by atoms with Crippen molar-refractivity contribution in [1.29, 1.82) is 0 Å². The van der Waals surface area contributed by atoms with Crippen molar-refractivity contribution >= 4 is 44.5 Å². The highest BCUT2D eigenvalue weighted by atomic mass is 79.9. The van der Waals surface area contributed by atoms with Gasteiger partial charge in [0.2, 0.25) is 0 Å². The first-order valence-corrected chi connectivity index (χ1v) is 9.08.